The number of hydrogen-bond donors (Lipinski definition) is 2. The average Bonchev–Trinajstić information content (AvgIpc) is 3.44. The molecule has 3 rings (SSSR count). The summed E-state index contributed by atoms with van der Waals surface area (Å²) in [6.45, 7) is 10.1. The molecule has 16 heteroatoms. The first-order valence-corrected chi connectivity index (χ1v) is 13.1. The van der Waals surface area contributed by atoms with Crippen molar-refractivity contribution in [1.29, 1.82) is 0 Å². The predicted molar refractivity (Wildman–Crippen MR) is 139 cm³/mol. The number of amides is 1. The summed E-state index contributed by atoms with van der Waals surface area (Å²) in [7, 11) is 0. The third kappa shape index (κ3) is 9.34. The molecule has 0 aliphatic carbocycles. The molecule has 1 saturated heterocycles. The number of piperidine rings is 1. The Morgan fingerprint density at radius 2 is 1.62 bits per heavy atom. The van der Waals surface area contributed by atoms with Crippen LogP contribution in [0.3, 0.4) is 0 Å². The Bertz CT molecular complexity index is 1140. The standard InChI is InChI=1S/C20H24F6N6O2.C6H10O2/c1-3-14-8-16(9-15(4-2)32(14)18(33)34)31(17-27-29-30-28-17)10-11-5-12(19(21,22)23)7-13(6-11)20(24,25)26;1-4-6(7)8-5(2)3/h5-7,14-16H,3-4,8-10H2,1-2H3,(H,33,34)(H,27,28,29,30);4-5H,1H2,2-3H3. The van der Waals surface area contributed by atoms with Crippen molar-refractivity contribution in [2.75, 3.05) is 4.90 Å². The maximum Gasteiger partial charge on any atom is 0.416 e. The lowest BCUT2D eigenvalue weighted by Gasteiger charge is -2.46. The lowest BCUT2D eigenvalue weighted by Crippen LogP contribution is -2.56. The summed E-state index contributed by atoms with van der Waals surface area (Å²) in [6, 6.07) is 0.207. The van der Waals surface area contributed by atoms with Crippen LogP contribution in [0.15, 0.2) is 30.9 Å². The second-order valence-electron chi connectivity index (χ2n) is 9.88. The minimum absolute atomic E-state index is 0.00412. The van der Waals surface area contributed by atoms with Crippen molar-refractivity contribution in [3.63, 3.8) is 0 Å². The van der Waals surface area contributed by atoms with Gasteiger partial charge in [0.05, 0.1) is 17.2 Å². The number of nitrogens with zero attached hydrogens (tertiary/aromatic N) is 5. The first-order chi connectivity index (χ1) is 19.5. The van der Waals surface area contributed by atoms with Crippen LogP contribution < -0.4 is 4.90 Å². The highest BCUT2D eigenvalue weighted by atomic mass is 19.4. The molecule has 234 valence electrons. The maximum absolute atomic E-state index is 13.3. The van der Waals surface area contributed by atoms with E-state index in [1.54, 1.807) is 13.8 Å². The minimum Gasteiger partial charge on any atom is -0.465 e. The van der Waals surface area contributed by atoms with Crippen molar-refractivity contribution < 1.29 is 45.8 Å². The van der Waals surface area contributed by atoms with Gasteiger partial charge in [-0.25, -0.2) is 9.59 Å². The minimum atomic E-state index is -4.97. The van der Waals surface area contributed by atoms with Gasteiger partial charge in [0.2, 0.25) is 0 Å². The van der Waals surface area contributed by atoms with E-state index >= 15 is 0 Å². The lowest BCUT2D eigenvalue weighted by atomic mass is 9.87. The van der Waals surface area contributed by atoms with E-state index in [-0.39, 0.29) is 48.3 Å². The van der Waals surface area contributed by atoms with Crippen LogP contribution in [0.2, 0.25) is 0 Å². The number of esters is 1. The van der Waals surface area contributed by atoms with E-state index < -0.39 is 35.6 Å². The number of H-pyrrole nitrogens is 1. The zero-order valence-electron chi connectivity index (χ0n) is 23.5. The van der Waals surface area contributed by atoms with Crippen molar-refractivity contribution >= 4 is 18.0 Å². The lowest BCUT2D eigenvalue weighted by molar-refractivity contribution is -0.143. The summed E-state index contributed by atoms with van der Waals surface area (Å²) < 4.78 is 84.6. The average molecular weight is 609 g/mol. The van der Waals surface area contributed by atoms with Crippen LogP contribution >= 0.6 is 0 Å². The summed E-state index contributed by atoms with van der Waals surface area (Å²) in [4.78, 5) is 25.0. The molecule has 0 bridgehead atoms. The summed E-state index contributed by atoms with van der Waals surface area (Å²) in [5, 5.41) is 23.2. The number of hydrogen-bond acceptors (Lipinski definition) is 7. The number of alkyl halides is 6. The van der Waals surface area contributed by atoms with E-state index in [1.807, 2.05) is 13.8 Å². The number of carbonyl (C=O) groups is 2. The van der Waals surface area contributed by atoms with Crippen LogP contribution in [0.4, 0.5) is 37.1 Å². The number of carboxylic acid groups (broad SMARTS) is 1. The van der Waals surface area contributed by atoms with Crippen LogP contribution in [0.5, 0.6) is 0 Å². The molecule has 0 saturated carbocycles. The number of likely N-dealkylation sites (tertiary alicyclic amines) is 1. The van der Waals surface area contributed by atoms with E-state index in [0.29, 0.717) is 37.8 Å². The smallest absolute Gasteiger partial charge is 0.416 e. The number of carbonyl (C=O) groups excluding carboxylic acids is 1. The van der Waals surface area contributed by atoms with Crippen LogP contribution in [-0.2, 0) is 28.4 Å². The zero-order chi connectivity index (χ0) is 31.8. The topological polar surface area (TPSA) is 125 Å². The fourth-order valence-corrected chi connectivity index (χ4v) is 4.77. The van der Waals surface area contributed by atoms with Crippen LogP contribution in [0.1, 0.15) is 70.1 Å². The monoisotopic (exact) mass is 608 g/mol. The van der Waals surface area contributed by atoms with E-state index in [9.17, 15) is 41.0 Å². The predicted octanol–water partition coefficient (Wildman–Crippen LogP) is 6.07. The van der Waals surface area contributed by atoms with Crippen LogP contribution in [-0.4, -0.2) is 66.9 Å². The second kappa shape index (κ2) is 14.4. The Balaban J connectivity index is 0.000000675. The highest BCUT2D eigenvalue weighted by Crippen LogP contribution is 2.38. The molecule has 2 N–H and O–H groups in total. The van der Waals surface area contributed by atoms with Crippen molar-refractivity contribution in [2.45, 2.75) is 96.5 Å². The Kier molecular flexibility index (Phi) is 11.7. The number of ether oxygens (including phenoxy) is 1. The van der Waals surface area contributed by atoms with Crippen molar-refractivity contribution in [1.82, 2.24) is 25.5 Å². The number of rotatable bonds is 8. The molecule has 1 fully saturated rings. The largest absolute Gasteiger partial charge is 0.465 e. The molecule has 1 aromatic heterocycles. The number of nitrogens with one attached hydrogen (secondary N) is 1. The first kappa shape index (κ1) is 34.4. The summed E-state index contributed by atoms with van der Waals surface area (Å²) in [5.41, 5.74) is -3.05. The molecule has 2 atom stereocenters. The van der Waals surface area contributed by atoms with Gasteiger partial charge in [0.15, 0.2) is 0 Å². The Morgan fingerprint density at radius 1 is 1.10 bits per heavy atom. The first-order valence-electron chi connectivity index (χ1n) is 13.1. The van der Waals surface area contributed by atoms with Crippen molar-refractivity contribution in [3.8, 4) is 0 Å². The highest BCUT2D eigenvalue weighted by Gasteiger charge is 2.41. The number of tetrazole rings is 1. The molecule has 1 aromatic carbocycles. The number of halogens is 6. The fraction of sp³-hybridized carbons (Fsp3) is 0.577. The molecule has 1 aliphatic rings. The fourth-order valence-electron chi connectivity index (χ4n) is 4.77. The van der Waals surface area contributed by atoms with Gasteiger partial charge in [0, 0.05) is 30.7 Å². The van der Waals surface area contributed by atoms with Crippen molar-refractivity contribution in [3.05, 3.63) is 47.5 Å². The summed E-state index contributed by atoms with van der Waals surface area (Å²) >= 11 is 0. The molecule has 0 radical (unpaired) electrons. The van der Waals surface area contributed by atoms with Crippen LogP contribution in [0.25, 0.3) is 0 Å². The van der Waals surface area contributed by atoms with Gasteiger partial charge in [-0.3, -0.25) is 0 Å². The number of aromatic nitrogens is 4. The van der Waals surface area contributed by atoms with Gasteiger partial charge < -0.3 is 19.6 Å². The van der Waals surface area contributed by atoms with Gasteiger partial charge in [0.1, 0.15) is 0 Å². The molecule has 2 aromatic rings. The van der Waals surface area contributed by atoms with Gasteiger partial charge in [0.25, 0.3) is 5.95 Å². The third-order valence-corrected chi connectivity index (χ3v) is 6.59. The third-order valence-electron chi connectivity index (χ3n) is 6.59. The van der Waals surface area contributed by atoms with Gasteiger partial charge in [-0.05, 0) is 68.5 Å². The van der Waals surface area contributed by atoms with Gasteiger partial charge in [-0.1, -0.05) is 25.5 Å². The van der Waals surface area contributed by atoms with Gasteiger partial charge in [-0.2, -0.15) is 31.6 Å². The van der Waals surface area contributed by atoms with E-state index in [4.69, 9.17) is 0 Å². The number of anilines is 1. The molecule has 2 unspecified atom stereocenters. The molecule has 1 aliphatic heterocycles. The summed E-state index contributed by atoms with van der Waals surface area (Å²) in [5.74, 6) is -0.357. The molecule has 42 heavy (non-hydrogen) atoms. The van der Waals surface area contributed by atoms with E-state index in [1.165, 1.54) is 9.80 Å². The molecule has 2 heterocycles. The Hall–Kier alpha value is -3.85. The van der Waals surface area contributed by atoms with Gasteiger partial charge >= 0.3 is 24.4 Å². The van der Waals surface area contributed by atoms with E-state index in [2.05, 4.69) is 31.9 Å². The second-order valence-corrected chi connectivity index (χ2v) is 9.88. The zero-order valence-corrected chi connectivity index (χ0v) is 23.5. The number of benzene rings is 1. The summed E-state index contributed by atoms with van der Waals surface area (Å²) in [6.07, 6.45) is -8.32. The highest BCUT2D eigenvalue weighted by molar-refractivity contribution is 5.81. The van der Waals surface area contributed by atoms with Crippen LogP contribution in [0, 0.1) is 0 Å². The van der Waals surface area contributed by atoms with Crippen molar-refractivity contribution in [2.24, 2.45) is 0 Å². The number of aromatic amines is 1. The normalized spacial score (nSPS) is 19.1. The quantitative estimate of drug-likeness (QED) is 0.210. The maximum atomic E-state index is 13.3. The Labute approximate surface area is 238 Å². The van der Waals surface area contributed by atoms with E-state index in [0.717, 1.165) is 6.08 Å². The van der Waals surface area contributed by atoms with Gasteiger partial charge in [-0.15, -0.1) is 5.10 Å². The molecule has 10 nitrogen and oxygen atoms in total. The Morgan fingerprint density at radius 3 is 1.95 bits per heavy atom. The SMILES string of the molecule is C=CC(=O)OC(C)C.CCC1CC(N(Cc2cc(C(F)(F)F)cc(C(F)(F)F)c2)c2nn[nH]n2)CC(CC)N1C(=O)O. The molecule has 1 amide bonds. The molecular formula is C26H34F6N6O4. The molecule has 0 spiro atoms. The molecular weight excluding hydrogens is 574 g/mol.